The molecule has 0 aromatic carbocycles. The zero-order valence-electron chi connectivity index (χ0n) is 5.92. The fraction of sp³-hybridized carbons (Fsp3) is 1.00. The molecule has 1 saturated carbocycles. The van der Waals surface area contributed by atoms with Crippen LogP contribution in [0.25, 0.3) is 0 Å². The Morgan fingerprint density at radius 3 is 2.78 bits per heavy atom. The lowest BCUT2D eigenvalue weighted by atomic mass is 10.3. The van der Waals surface area contributed by atoms with Gasteiger partial charge >= 0.3 is 0 Å². The van der Waals surface area contributed by atoms with Crippen molar-refractivity contribution in [1.29, 1.82) is 0 Å². The minimum absolute atomic E-state index is 0.543. The Balaban J connectivity index is 1.96. The van der Waals surface area contributed by atoms with Crippen LogP contribution < -0.4 is 5.32 Å². The summed E-state index contributed by atoms with van der Waals surface area (Å²) in [6.07, 6.45) is 0.543. The second kappa shape index (κ2) is 1.70. The van der Waals surface area contributed by atoms with Gasteiger partial charge in [0.05, 0.1) is 12.7 Å². The van der Waals surface area contributed by atoms with Crippen molar-refractivity contribution >= 4 is 0 Å². The van der Waals surface area contributed by atoms with Gasteiger partial charge in [0.1, 0.15) is 0 Å². The lowest BCUT2D eigenvalue weighted by Crippen LogP contribution is -2.39. The van der Waals surface area contributed by atoms with Gasteiger partial charge in [-0.3, -0.25) is 0 Å². The van der Waals surface area contributed by atoms with Crippen LogP contribution in [0.3, 0.4) is 0 Å². The van der Waals surface area contributed by atoms with E-state index < -0.39 is 0 Å². The molecule has 0 radical (unpaired) electrons. The SMILES string of the molecule is CC1CO[C@@H]2C(C)C2N1. The molecule has 2 heteroatoms. The quantitative estimate of drug-likeness (QED) is 0.508. The number of rotatable bonds is 0. The highest BCUT2D eigenvalue weighted by Crippen LogP contribution is 2.36. The molecular formula is C7H13NO. The molecule has 4 atom stereocenters. The molecule has 1 heterocycles. The molecule has 1 aliphatic heterocycles. The van der Waals surface area contributed by atoms with E-state index >= 15 is 0 Å². The van der Waals surface area contributed by atoms with Gasteiger partial charge in [-0.05, 0) is 6.92 Å². The second-order valence-corrected chi connectivity index (χ2v) is 3.25. The van der Waals surface area contributed by atoms with E-state index in [1.54, 1.807) is 0 Å². The summed E-state index contributed by atoms with van der Waals surface area (Å²) in [5, 5.41) is 3.48. The van der Waals surface area contributed by atoms with Crippen LogP contribution >= 0.6 is 0 Å². The van der Waals surface area contributed by atoms with Gasteiger partial charge in [0.15, 0.2) is 0 Å². The van der Waals surface area contributed by atoms with Gasteiger partial charge in [-0.15, -0.1) is 0 Å². The van der Waals surface area contributed by atoms with Crippen molar-refractivity contribution in [1.82, 2.24) is 5.32 Å². The minimum atomic E-state index is 0.543. The summed E-state index contributed by atoms with van der Waals surface area (Å²) in [7, 11) is 0. The van der Waals surface area contributed by atoms with Crippen LogP contribution in [-0.4, -0.2) is 24.8 Å². The summed E-state index contributed by atoms with van der Waals surface area (Å²) in [5.74, 6) is 0.759. The Kier molecular flexibility index (Phi) is 1.08. The van der Waals surface area contributed by atoms with Crippen molar-refractivity contribution in [3.05, 3.63) is 0 Å². The molecule has 1 N–H and O–H groups in total. The Bertz CT molecular complexity index is 126. The third-order valence-corrected chi connectivity index (χ3v) is 2.31. The van der Waals surface area contributed by atoms with E-state index in [-0.39, 0.29) is 0 Å². The topological polar surface area (TPSA) is 21.3 Å². The maximum absolute atomic E-state index is 5.51. The molecule has 1 saturated heterocycles. The van der Waals surface area contributed by atoms with Crippen molar-refractivity contribution < 1.29 is 4.74 Å². The highest BCUT2D eigenvalue weighted by Gasteiger charge is 2.50. The lowest BCUT2D eigenvalue weighted by molar-refractivity contribution is 0.0646. The molecule has 3 unspecified atom stereocenters. The van der Waals surface area contributed by atoms with Crippen LogP contribution in [0.1, 0.15) is 13.8 Å². The van der Waals surface area contributed by atoms with Crippen molar-refractivity contribution in [2.45, 2.75) is 32.0 Å². The third kappa shape index (κ3) is 0.775. The smallest absolute Gasteiger partial charge is 0.0773 e. The van der Waals surface area contributed by atoms with Crippen molar-refractivity contribution in [2.75, 3.05) is 6.61 Å². The summed E-state index contributed by atoms with van der Waals surface area (Å²) >= 11 is 0. The van der Waals surface area contributed by atoms with E-state index in [1.807, 2.05) is 0 Å². The fourth-order valence-corrected chi connectivity index (χ4v) is 1.56. The van der Waals surface area contributed by atoms with E-state index in [4.69, 9.17) is 4.74 Å². The molecule has 0 amide bonds. The predicted octanol–water partition coefficient (Wildman–Crippen LogP) is 0.382. The molecule has 1 aliphatic carbocycles. The van der Waals surface area contributed by atoms with Crippen LogP contribution in [0, 0.1) is 5.92 Å². The number of morpholine rings is 1. The summed E-state index contributed by atoms with van der Waals surface area (Å²) in [5.41, 5.74) is 0. The number of fused-ring (bicyclic) bond motifs is 1. The molecule has 2 rings (SSSR count). The average molecular weight is 127 g/mol. The lowest BCUT2D eigenvalue weighted by Gasteiger charge is -2.18. The number of ether oxygens (including phenoxy) is 1. The second-order valence-electron chi connectivity index (χ2n) is 3.25. The van der Waals surface area contributed by atoms with Gasteiger partial charge in [0.2, 0.25) is 0 Å². The first-order valence-electron chi connectivity index (χ1n) is 3.66. The summed E-state index contributed by atoms with van der Waals surface area (Å²) < 4.78 is 5.51. The Hall–Kier alpha value is -0.0800. The fourth-order valence-electron chi connectivity index (χ4n) is 1.56. The molecular weight excluding hydrogens is 114 g/mol. The Morgan fingerprint density at radius 1 is 1.44 bits per heavy atom. The van der Waals surface area contributed by atoms with Crippen molar-refractivity contribution in [3.63, 3.8) is 0 Å². The average Bonchev–Trinajstić information content (AvgIpc) is 2.43. The molecule has 2 fully saturated rings. The van der Waals surface area contributed by atoms with Gasteiger partial charge in [-0.2, -0.15) is 0 Å². The van der Waals surface area contributed by atoms with Crippen molar-refractivity contribution in [3.8, 4) is 0 Å². The summed E-state index contributed by atoms with van der Waals surface area (Å²) in [6, 6.07) is 1.24. The maximum Gasteiger partial charge on any atom is 0.0773 e. The monoisotopic (exact) mass is 127 g/mol. The van der Waals surface area contributed by atoms with Crippen LogP contribution in [0.15, 0.2) is 0 Å². The molecule has 0 aromatic rings. The largest absolute Gasteiger partial charge is 0.375 e. The Morgan fingerprint density at radius 2 is 2.22 bits per heavy atom. The van der Waals surface area contributed by atoms with Crippen LogP contribution in [0.5, 0.6) is 0 Å². The first kappa shape index (κ1) is 5.69. The molecule has 2 aliphatic rings. The highest BCUT2D eigenvalue weighted by molar-refractivity contribution is 5.05. The van der Waals surface area contributed by atoms with E-state index in [2.05, 4.69) is 19.2 Å². The van der Waals surface area contributed by atoms with Crippen LogP contribution in [0.4, 0.5) is 0 Å². The molecule has 0 spiro atoms. The van der Waals surface area contributed by atoms with Crippen LogP contribution in [-0.2, 0) is 4.74 Å². The van der Waals surface area contributed by atoms with E-state index in [0.717, 1.165) is 12.5 Å². The van der Waals surface area contributed by atoms with Crippen molar-refractivity contribution in [2.24, 2.45) is 5.92 Å². The zero-order valence-corrected chi connectivity index (χ0v) is 5.92. The van der Waals surface area contributed by atoms with Crippen LogP contribution in [0.2, 0.25) is 0 Å². The van der Waals surface area contributed by atoms with Gasteiger partial charge in [0.25, 0.3) is 0 Å². The number of hydrogen-bond donors (Lipinski definition) is 1. The zero-order chi connectivity index (χ0) is 6.43. The maximum atomic E-state index is 5.51. The third-order valence-electron chi connectivity index (χ3n) is 2.31. The first-order chi connectivity index (χ1) is 4.29. The predicted molar refractivity (Wildman–Crippen MR) is 35.3 cm³/mol. The molecule has 0 aromatic heterocycles. The minimum Gasteiger partial charge on any atom is -0.375 e. The van der Waals surface area contributed by atoms with Gasteiger partial charge in [-0.25, -0.2) is 0 Å². The standard InChI is InChI=1S/C7H13NO/c1-4-3-9-7-5(2)6(7)8-4/h4-8H,3H2,1-2H3/t4?,5?,6?,7-/m1/s1. The molecule has 9 heavy (non-hydrogen) atoms. The summed E-state index contributed by atoms with van der Waals surface area (Å²) in [6.45, 7) is 5.30. The highest BCUT2D eigenvalue weighted by atomic mass is 16.5. The van der Waals surface area contributed by atoms with E-state index in [0.29, 0.717) is 18.2 Å². The van der Waals surface area contributed by atoms with Gasteiger partial charge < -0.3 is 10.1 Å². The van der Waals surface area contributed by atoms with Gasteiger partial charge in [-0.1, -0.05) is 6.92 Å². The number of hydrogen-bond acceptors (Lipinski definition) is 2. The Labute approximate surface area is 55.6 Å². The number of nitrogens with one attached hydrogen (secondary N) is 1. The first-order valence-corrected chi connectivity index (χ1v) is 3.66. The molecule has 0 bridgehead atoms. The van der Waals surface area contributed by atoms with E-state index in [9.17, 15) is 0 Å². The summed E-state index contributed by atoms with van der Waals surface area (Å²) in [4.78, 5) is 0. The molecule has 2 nitrogen and oxygen atoms in total. The van der Waals surface area contributed by atoms with Gasteiger partial charge in [0, 0.05) is 18.0 Å². The molecule has 52 valence electrons. The van der Waals surface area contributed by atoms with E-state index in [1.165, 1.54) is 0 Å². The normalized spacial score (nSPS) is 56.7.